The lowest BCUT2D eigenvalue weighted by Crippen LogP contribution is -2.46. The predicted molar refractivity (Wildman–Crippen MR) is 113 cm³/mol. The number of Topliss-reactive ketones (excluding diaryl/α,β-unsaturated/α-hetero) is 1. The molecule has 0 aromatic heterocycles. The quantitative estimate of drug-likeness (QED) is 0.307. The molecule has 3 aliphatic rings. The number of nitro benzene ring substituents is 1. The Labute approximate surface area is 183 Å². The molecule has 3 heterocycles. The van der Waals surface area contributed by atoms with Crippen molar-refractivity contribution >= 4 is 29.0 Å². The van der Waals surface area contributed by atoms with E-state index in [0.717, 1.165) is 17.7 Å². The number of ether oxygens (including phenoxy) is 1. The van der Waals surface area contributed by atoms with Crippen molar-refractivity contribution in [2.75, 3.05) is 18.6 Å². The van der Waals surface area contributed by atoms with Crippen LogP contribution in [0.5, 0.6) is 5.75 Å². The van der Waals surface area contributed by atoms with Crippen LogP contribution in [0.2, 0.25) is 0 Å². The van der Waals surface area contributed by atoms with E-state index in [2.05, 4.69) is 0 Å². The fourth-order valence-corrected chi connectivity index (χ4v) is 5.49. The molecule has 4 atom stereocenters. The summed E-state index contributed by atoms with van der Waals surface area (Å²) in [6.07, 6.45) is 1.60. The number of ketones is 1. The molecule has 3 fully saturated rings. The van der Waals surface area contributed by atoms with Gasteiger partial charge in [-0.1, -0.05) is 30.3 Å². The maximum atomic E-state index is 13.6. The van der Waals surface area contributed by atoms with Gasteiger partial charge in [0.15, 0.2) is 5.78 Å². The molecule has 0 radical (unpaired) electrons. The summed E-state index contributed by atoms with van der Waals surface area (Å²) in [4.78, 5) is 54.2. The number of benzene rings is 2. The lowest BCUT2D eigenvalue weighted by molar-refractivity contribution is -0.384. The molecule has 0 spiro atoms. The number of amides is 2. The maximum absolute atomic E-state index is 13.6. The molecule has 5 rings (SSSR count). The normalized spacial score (nSPS) is 26.8. The number of imide groups is 1. The molecule has 0 bridgehead atoms. The summed E-state index contributed by atoms with van der Waals surface area (Å²) in [5, 5.41) is 11.1. The molecule has 9 heteroatoms. The molecule has 2 aromatic rings. The Morgan fingerprint density at radius 2 is 1.81 bits per heavy atom. The van der Waals surface area contributed by atoms with Gasteiger partial charge in [0.25, 0.3) is 5.69 Å². The average Bonchev–Trinajstić information content (AvgIpc) is 3.45. The first-order valence-electron chi connectivity index (χ1n) is 10.5. The van der Waals surface area contributed by atoms with Gasteiger partial charge < -0.3 is 4.74 Å². The van der Waals surface area contributed by atoms with Crippen LogP contribution >= 0.6 is 0 Å². The van der Waals surface area contributed by atoms with Gasteiger partial charge >= 0.3 is 0 Å². The van der Waals surface area contributed by atoms with Crippen LogP contribution in [-0.2, 0) is 9.59 Å². The lowest BCUT2D eigenvalue weighted by atomic mass is 9.85. The van der Waals surface area contributed by atoms with Crippen LogP contribution in [0.1, 0.15) is 23.2 Å². The number of carbonyl (C=O) groups excluding carboxylic acids is 3. The van der Waals surface area contributed by atoms with Gasteiger partial charge in [0.1, 0.15) is 5.75 Å². The van der Waals surface area contributed by atoms with Crippen LogP contribution in [0.4, 0.5) is 11.4 Å². The van der Waals surface area contributed by atoms with Crippen LogP contribution in [0.3, 0.4) is 0 Å². The van der Waals surface area contributed by atoms with E-state index in [9.17, 15) is 24.5 Å². The number of anilines is 1. The molecule has 32 heavy (non-hydrogen) atoms. The second-order valence-electron chi connectivity index (χ2n) is 8.30. The van der Waals surface area contributed by atoms with Crippen LogP contribution in [0.15, 0.2) is 48.5 Å². The second kappa shape index (κ2) is 7.52. The van der Waals surface area contributed by atoms with Gasteiger partial charge in [-0.25, -0.2) is 4.90 Å². The molecule has 0 unspecified atom stereocenters. The van der Waals surface area contributed by atoms with Crippen LogP contribution < -0.4 is 9.64 Å². The molecular formula is C23H21N3O6. The van der Waals surface area contributed by atoms with Crippen molar-refractivity contribution in [3.63, 3.8) is 0 Å². The third kappa shape index (κ3) is 2.85. The van der Waals surface area contributed by atoms with E-state index in [4.69, 9.17) is 4.74 Å². The number of nitrogens with zero attached hydrogens (tertiary/aromatic N) is 3. The van der Waals surface area contributed by atoms with Crippen molar-refractivity contribution in [2.45, 2.75) is 24.9 Å². The molecule has 9 nitrogen and oxygen atoms in total. The fraction of sp³-hybridized carbons (Fsp3) is 0.348. The molecule has 0 aliphatic carbocycles. The Morgan fingerprint density at radius 1 is 1.09 bits per heavy atom. The molecule has 2 aromatic carbocycles. The summed E-state index contributed by atoms with van der Waals surface area (Å²) in [7, 11) is 1.33. The highest BCUT2D eigenvalue weighted by Crippen LogP contribution is 2.49. The lowest BCUT2D eigenvalue weighted by Gasteiger charge is -2.28. The minimum Gasteiger partial charge on any atom is -0.494 e. The number of hydrogen-bond acceptors (Lipinski definition) is 7. The van der Waals surface area contributed by atoms with Crippen LogP contribution in [0.25, 0.3) is 0 Å². The smallest absolute Gasteiger partial charge is 0.273 e. The fourth-order valence-electron chi connectivity index (χ4n) is 5.49. The van der Waals surface area contributed by atoms with E-state index >= 15 is 0 Å². The minimum absolute atomic E-state index is 0.0649. The van der Waals surface area contributed by atoms with E-state index in [-0.39, 0.29) is 34.9 Å². The second-order valence-corrected chi connectivity index (χ2v) is 8.30. The van der Waals surface area contributed by atoms with Crippen molar-refractivity contribution < 1.29 is 24.0 Å². The van der Waals surface area contributed by atoms with E-state index in [1.807, 2.05) is 11.0 Å². The first-order valence-corrected chi connectivity index (χ1v) is 10.5. The molecule has 3 saturated heterocycles. The zero-order valence-electron chi connectivity index (χ0n) is 17.3. The van der Waals surface area contributed by atoms with Gasteiger partial charge in [-0.2, -0.15) is 0 Å². The van der Waals surface area contributed by atoms with E-state index in [0.29, 0.717) is 12.1 Å². The highest BCUT2D eigenvalue weighted by Gasteiger charge is 2.65. The maximum Gasteiger partial charge on any atom is 0.273 e. The minimum atomic E-state index is -0.791. The Balaban J connectivity index is 1.56. The van der Waals surface area contributed by atoms with Crippen molar-refractivity contribution in [1.29, 1.82) is 0 Å². The zero-order chi connectivity index (χ0) is 22.6. The highest BCUT2D eigenvalue weighted by molar-refractivity contribution is 6.25. The third-order valence-corrected chi connectivity index (χ3v) is 6.79. The van der Waals surface area contributed by atoms with Crippen molar-refractivity contribution in [3.8, 4) is 5.75 Å². The monoisotopic (exact) mass is 435 g/mol. The van der Waals surface area contributed by atoms with Gasteiger partial charge in [0, 0.05) is 17.7 Å². The van der Waals surface area contributed by atoms with E-state index < -0.39 is 28.7 Å². The number of rotatable bonds is 5. The molecule has 2 amide bonds. The molecule has 0 saturated carbocycles. The van der Waals surface area contributed by atoms with Crippen molar-refractivity contribution in [3.05, 3.63) is 64.2 Å². The predicted octanol–water partition coefficient (Wildman–Crippen LogP) is 2.44. The first-order chi connectivity index (χ1) is 15.4. The highest BCUT2D eigenvalue weighted by atomic mass is 16.6. The molecule has 164 valence electrons. The zero-order valence-corrected chi connectivity index (χ0v) is 17.3. The van der Waals surface area contributed by atoms with Crippen LogP contribution in [0, 0.1) is 22.0 Å². The van der Waals surface area contributed by atoms with Gasteiger partial charge in [0.05, 0.1) is 41.7 Å². The van der Waals surface area contributed by atoms with Gasteiger partial charge in [-0.15, -0.1) is 0 Å². The number of methoxy groups -OCH3 is 1. The number of carbonyl (C=O) groups is 3. The molecular weight excluding hydrogens is 414 g/mol. The summed E-state index contributed by atoms with van der Waals surface area (Å²) < 4.78 is 5.27. The molecule has 0 N–H and O–H groups in total. The summed E-state index contributed by atoms with van der Waals surface area (Å²) >= 11 is 0. The number of hydrogen-bond donors (Lipinski definition) is 0. The Bertz CT molecular complexity index is 1130. The van der Waals surface area contributed by atoms with Gasteiger partial charge in [0.2, 0.25) is 11.8 Å². The standard InChI is InChI=1S/C23H21N3O6/c1-32-17-12-14(26(30)31)9-10-15(17)25-22(28)18-16-8-5-11-24(16)20(19(18)23(25)29)21(27)13-6-3-2-4-7-13/h2-4,6-7,9-10,12,16,18-20H,5,8,11H2,1H3/t16-,18+,19+,20-/m1/s1. The van der Waals surface area contributed by atoms with Crippen molar-refractivity contribution in [1.82, 2.24) is 4.90 Å². The largest absolute Gasteiger partial charge is 0.494 e. The summed E-state index contributed by atoms with van der Waals surface area (Å²) in [5.41, 5.74) is 0.470. The molecule has 3 aliphatic heterocycles. The Morgan fingerprint density at radius 3 is 2.50 bits per heavy atom. The Kier molecular flexibility index (Phi) is 4.78. The van der Waals surface area contributed by atoms with Gasteiger partial charge in [-0.3, -0.25) is 29.4 Å². The summed E-state index contributed by atoms with van der Waals surface area (Å²) in [6.45, 7) is 0.669. The van der Waals surface area contributed by atoms with Gasteiger partial charge in [-0.05, 0) is 25.5 Å². The Hall–Kier alpha value is -3.59. The van der Waals surface area contributed by atoms with E-state index in [1.165, 1.54) is 25.3 Å². The van der Waals surface area contributed by atoms with Crippen LogP contribution in [-0.4, -0.2) is 53.2 Å². The first kappa shape index (κ1) is 20.3. The number of nitro groups is 1. The number of non-ortho nitro benzene ring substituents is 1. The SMILES string of the molecule is COc1cc([N+](=O)[O-])ccc1N1C(=O)[C@@H]2[C@H](C1=O)[C@H](C(=O)c1ccccc1)N1CCC[C@H]21. The number of fused-ring (bicyclic) bond motifs is 3. The summed E-state index contributed by atoms with van der Waals surface area (Å²) in [6, 6.07) is 11.7. The summed E-state index contributed by atoms with van der Waals surface area (Å²) in [5.74, 6) is -2.36. The van der Waals surface area contributed by atoms with E-state index in [1.54, 1.807) is 24.3 Å². The topological polar surface area (TPSA) is 110 Å². The third-order valence-electron chi connectivity index (χ3n) is 6.79. The average molecular weight is 435 g/mol. The van der Waals surface area contributed by atoms with Crippen molar-refractivity contribution in [2.24, 2.45) is 11.8 Å².